The number of halogens is 1. The molecule has 8 heteroatoms. The molecule has 0 unspecified atom stereocenters. The van der Waals surface area contributed by atoms with E-state index in [0.717, 1.165) is 22.9 Å². The topological polar surface area (TPSA) is 97.0 Å². The molecule has 0 aliphatic rings. The van der Waals surface area contributed by atoms with Crippen LogP contribution in [0.1, 0.15) is 40.6 Å². The first-order valence-electron chi connectivity index (χ1n) is 12.3. The van der Waals surface area contributed by atoms with Crippen molar-refractivity contribution in [2.75, 3.05) is 11.9 Å². The van der Waals surface area contributed by atoms with Gasteiger partial charge in [0.05, 0.1) is 12.3 Å². The molecule has 1 amide bonds. The van der Waals surface area contributed by atoms with Gasteiger partial charge in [-0.05, 0) is 36.8 Å². The van der Waals surface area contributed by atoms with Crippen molar-refractivity contribution in [3.8, 4) is 22.5 Å². The minimum atomic E-state index is -0.657. The number of aromatic amines is 1. The number of hydrogen-bond donors (Lipinski definition) is 2. The van der Waals surface area contributed by atoms with Gasteiger partial charge < -0.3 is 15.0 Å². The summed E-state index contributed by atoms with van der Waals surface area (Å²) in [5.41, 5.74) is 3.73. The van der Waals surface area contributed by atoms with Crippen LogP contribution in [0.2, 0.25) is 5.02 Å². The highest BCUT2D eigenvalue weighted by Crippen LogP contribution is 2.36. The highest BCUT2D eigenvalue weighted by Gasteiger charge is 2.25. The predicted octanol–water partition coefficient (Wildman–Crippen LogP) is 7.15. The lowest BCUT2D eigenvalue weighted by molar-refractivity contribution is 0.0494. The summed E-state index contributed by atoms with van der Waals surface area (Å²) < 4.78 is 5.49. The second-order valence-corrected chi connectivity index (χ2v) is 9.12. The van der Waals surface area contributed by atoms with Crippen molar-refractivity contribution >= 4 is 40.2 Å². The Morgan fingerprint density at radius 2 is 1.66 bits per heavy atom. The molecule has 0 radical (unpaired) electrons. The van der Waals surface area contributed by atoms with E-state index in [-0.39, 0.29) is 18.1 Å². The molecule has 0 saturated carbocycles. The number of nitrogens with zero attached hydrogens (tertiary/aromatic N) is 2. The number of ether oxygens (including phenoxy) is 1. The van der Waals surface area contributed by atoms with E-state index in [1.165, 1.54) is 0 Å². The van der Waals surface area contributed by atoms with Gasteiger partial charge in [0.25, 0.3) is 5.91 Å². The number of carbonyl (C=O) groups excluding carboxylic acids is 2. The third-order valence-electron chi connectivity index (χ3n) is 6.05. The zero-order chi connectivity index (χ0) is 26.5. The molecule has 2 aromatic heterocycles. The van der Waals surface area contributed by atoms with Crippen molar-refractivity contribution in [2.45, 2.75) is 19.8 Å². The zero-order valence-electron chi connectivity index (χ0n) is 20.7. The number of benzene rings is 3. The molecular weight excluding hydrogens is 500 g/mol. The van der Waals surface area contributed by atoms with Crippen molar-refractivity contribution in [3.05, 3.63) is 101 Å². The number of aromatic nitrogens is 3. The molecule has 0 bridgehead atoms. The maximum absolute atomic E-state index is 13.2. The lowest BCUT2D eigenvalue weighted by Crippen LogP contribution is -2.19. The van der Waals surface area contributed by atoms with Crippen molar-refractivity contribution in [3.63, 3.8) is 0 Å². The maximum atomic E-state index is 13.2. The van der Waals surface area contributed by atoms with Crippen LogP contribution in [0.5, 0.6) is 0 Å². The summed E-state index contributed by atoms with van der Waals surface area (Å²) in [6, 6.07) is 23.7. The van der Waals surface area contributed by atoms with E-state index in [1.807, 2.05) is 55.6 Å². The van der Waals surface area contributed by atoms with E-state index in [4.69, 9.17) is 26.3 Å². The number of carbonyl (C=O) groups is 2. The van der Waals surface area contributed by atoms with Crippen molar-refractivity contribution in [1.29, 1.82) is 0 Å². The Kier molecular flexibility index (Phi) is 7.47. The van der Waals surface area contributed by atoms with Gasteiger partial charge in [-0.25, -0.2) is 14.8 Å². The average molecular weight is 525 g/mol. The summed E-state index contributed by atoms with van der Waals surface area (Å²) in [4.78, 5) is 39.1. The summed E-state index contributed by atoms with van der Waals surface area (Å²) >= 11 is 6.15. The van der Waals surface area contributed by atoms with Crippen LogP contribution in [-0.2, 0) is 4.74 Å². The van der Waals surface area contributed by atoms with Gasteiger partial charge in [0.1, 0.15) is 5.69 Å². The molecule has 0 aliphatic carbocycles. The molecule has 38 heavy (non-hydrogen) atoms. The Balaban J connectivity index is 1.70. The van der Waals surface area contributed by atoms with Crippen LogP contribution in [0.25, 0.3) is 33.4 Å². The number of rotatable bonds is 8. The Morgan fingerprint density at radius 1 is 0.921 bits per heavy atom. The number of para-hydroxylation sites is 1. The van der Waals surface area contributed by atoms with E-state index in [0.29, 0.717) is 34.0 Å². The van der Waals surface area contributed by atoms with Crippen LogP contribution < -0.4 is 5.32 Å². The summed E-state index contributed by atoms with van der Waals surface area (Å²) in [6.07, 6.45) is 3.42. The lowest BCUT2D eigenvalue weighted by atomic mass is 10.0. The summed E-state index contributed by atoms with van der Waals surface area (Å²) in [5.74, 6) is -1.04. The second-order valence-electron chi connectivity index (χ2n) is 8.68. The quantitative estimate of drug-likeness (QED) is 0.166. The van der Waals surface area contributed by atoms with Crippen molar-refractivity contribution in [1.82, 2.24) is 15.0 Å². The number of fused-ring (bicyclic) bond motifs is 1. The first-order chi connectivity index (χ1) is 18.5. The second kappa shape index (κ2) is 11.3. The maximum Gasteiger partial charge on any atom is 0.360 e. The molecule has 5 aromatic rings. The molecule has 5 rings (SSSR count). The third kappa shape index (κ3) is 5.28. The number of anilines is 1. The van der Waals surface area contributed by atoms with E-state index in [2.05, 4.69) is 10.3 Å². The summed E-state index contributed by atoms with van der Waals surface area (Å²) in [7, 11) is 0. The zero-order valence-corrected chi connectivity index (χ0v) is 21.5. The Bertz CT molecular complexity index is 1600. The Labute approximate surface area is 224 Å². The first-order valence-corrected chi connectivity index (χ1v) is 12.7. The van der Waals surface area contributed by atoms with Crippen LogP contribution in [0.15, 0.2) is 85.1 Å². The summed E-state index contributed by atoms with van der Waals surface area (Å²) in [5, 5.41) is 4.29. The van der Waals surface area contributed by atoms with Gasteiger partial charge in [-0.1, -0.05) is 73.5 Å². The number of unbranched alkanes of at least 4 members (excludes halogenated alkanes) is 1. The number of amides is 1. The number of H-pyrrole nitrogens is 1. The minimum Gasteiger partial charge on any atom is -0.461 e. The fourth-order valence-corrected chi connectivity index (χ4v) is 4.20. The number of nitrogens with one attached hydrogen (secondary N) is 2. The molecule has 0 aliphatic heterocycles. The molecule has 2 N–H and O–H groups in total. The minimum absolute atomic E-state index is 0.0262. The van der Waals surface area contributed by atoms with Gasteiger partial charge in [-0.3, -0.25) is 4.79 Å². The standard InChI is InChI=1S/C30H25ClN4O3/c1-2-3-17-38-30(37)27-28(35-29(36)20-9-5-4-6-10-20)34-26(23-18-32-24-12-8-7-11-22(23)24)25(33-27)19-13-15-21(31)16-14-19/h4-16,18,32H,2-3,17H2,1H3,(H,34,35,36). The molecule has 0 spiro atoms. The molecule has 2 heterocycles. The monoisotopic (exact) mass is 524 g/mol. The largest absolute Gasteiger partial charge is 0.461 e. The smallest absolute Gasteiger partial charge is 0.360 e. The normalized spacial score (nSPS) is 10.9. The Hall–Kier alpha value is -4.49. The molecule has 7 nitrogen and oxygen atoms in total. The first kappa shape index (κ1) is 25.2. The van der Waals surface area contributed by atoms with Crippen LogP contribution >= 0.6 is 11.6 Å². The highest BCUT2D eigenvalue weighted by molar-refractivity contribution is 6.30. The van der Waals surface area contributed by atoms with E-state index < -0.39 is 11.9 Å². The molecule has 0 saturated heterocycles. The Morgan fingerprint density at radius 3 is 2.42 bits per heavy atom. The van der Waals surface area contributed by atoms with Crippen molar-refractivity contribution < 1.29 is 14.3 Å². The van der Waals surface area contributed by atoms with Crippen LogP contribution in [0, 0.1) is 0 Å². The van der Waals surface area contributed by atoms with Gasteiger partial charge in [0, 0.05) is 38.8 Å². The van der Waals surface area contributed by atoms with E-state index in [9.17, 15) is 9.59 Å². The molecule has 190 valence electrons. The van der Waals surface area contributed by atoms with E-state index in [1.54, 1.807) is 36.4 Å². The van der Waals surface area contributed by atoms with Crippen molar-refractivity contribution in [2.24, 2.45) is 0 Å². The fourth-order valence-electron chi connectivity index (χ4n) is 4.08. The molecule has 0 fully saturated rings. The fraction of sp³-hybridized carbons (Fsp3) is 0.133. The molecule has 0 atom stereocenters. The average Bonchev–Trinajstić information content (AvgIpc) is 3.38. The van der Waals surface area contributed by atoms with E-state index >= 15 is 0 Å². The predicted molar refractivity (Wildman–Crippen MR) is 149 cm³/mol. The van der Waals surface area contributed by atoms with Gasteiger partial charge >= 0.3 is 5.97 Å². The highest BCUT2D eigenvalue weighted by atomic mass is 35.5. The summed E-state index contributed by atoms with van der Waals surface area (Å²) in [6.45, 7) is 2.25. The van der Waals surface area contributed by atoms with Gasteiger partial charge in [0.2, 0.25) is 0 Å². The molecular formula is C30H25ClN4O3. The lowest BCUT2D eigenvalue weighted by Gasteiger charge is -2.15. The third-order valence-corrected chi connectivity index (χ3v) is 6.30. The number of hydrogen-bond acceptors (Lipinski definition) is 5. The number of esters is 1. The van der Waals surface area contributed by atoms with Crippen LogP contribution in [0.4, 0.5) is 5.82 Å². The van der Waals surface area contributed by atoms with Crippen LogP contribution in [-0.4, -0.2) is 33.4 Å². The molecule has 3 aromatic carbocycles. The van der Waals surface area contributed by atoms with Gasteiger partial charge in [-0.15, -0.1) is 0 Å². The van der Waals surface area contributed by atoms with Gasteiger partial charge in [0.15, 0.2) is 11.5 Å². The van der Waals surface area contributed by atoms with Crippen LogP contribution in [0.3, 0.4) is 0 Å². The van der Waals surface area contributed by atoms with Gasteiger partial charge in [-0.2, -0.15) is 0 Å². The SMILES string of the molecule is CCCCOC(=O)c1nc(-c2ccc(Cl)cc2)c(-c2c[nH]c3ccccc23)nc1NC(=O)c1ccccc1.